The molecule has 0 spiro atoms. The Labute approximate surface area is 93.1 Å². The minimum absolute atomic E-state index is 0.168. The Kier molecular flexibility index (Phi) is 2.97. The average molecular weight is 218 g/mol. The number of hydrogen-bond donors (Lipinski definition) is 0. The zero-order valence-electron chi connectivity index (χ0n) is 8.56. The van der Waals surface area contributed by atoms with Crippen LogP contribution in [-0.4, -0.2) is 19.7 Å². The number of carbonyl (C=O) groups is 1. The van der Waals surface area contributed by atoms with Crippen molar-refractivity contribution in [1.29, 1.82) is 0 Å². The van der Waals surface area contributed by atoms with Gasteiger partial charge in [0.1, 0.15) is 5.75 Å². The summed E-state index contributed by atoms with van der Waals surface area (Å²) in [6.45, 7) is 0.540. The second-order valence-corrected chi connectivity index (χ2v) is 3.16. The molecule has 1 aromatic carbocycles. The quantitative estimate of drug-likeness (QED) is 0.437. The summed E-state index contributed by atoms with van der Waals surface area (Å²) in [5, 5.41) is 0. The van der Waals surface area contributed by atoms with Gasteiger partial charge in [-0.15, -0.1) is 12.3 Å². The zero-order valence-corrected chi connectivity index (χ0v) is 8.56. The molecule has 0 fully saturated rings. The van der Waals surface area contributed by atoms with Crippen molar-refractivity contribution in [1.82, 2.24) is 0 Å². The number of terminal acetylenes is 1. The van der Waals surface area contributed by atoms with Gasteiger partial charge in [0, 0.05) is 12.5 Å². The third-order valence-electron chi connectivity index (χ3n) is 2.14. The Morgan fingerprint density at radius 3 is 2.88 bits per heavy atom. The third kappa shape index (κ3) is 1.94. The van der Waals surface area contributed by atoms with E-state index in [0.29, 0.717) is 42.1 Å². The molecule has 82 valence electrons. The highest BCUT2D eigenvalue weighted by atomic mass is 16.7. The number of carbonyl (C=O) groups excluding carboxylic acids is 1. The summed E-state index contributed by atoms with van der Waals surface area (Å²) in [5.74, 6) is 4.07. The molecule has 0 N–H and O–H groups in total. The van der Waals surface area contributed by atoms with Crippen molar-refractivity contribution in [2.24, 2.45) is 0 Å². The summed E-state index contributed by atoms with van der Waals surface area (Å²) in [7, 11) is 0. The van der Waals surface area contributed by atoms with Crippen LogP contribution in [0.3, 0.4) is 0 Å². The molecule has 2 rings (SSSR count). The highest BCUT2D eigenvalue weighted by molar-refractivity contribution is 5.81. The van der Waals surface area contributed by atoms with Crippen LogP contribution in [0.15, 0.2) is 12.1 Å². The van der Waals surface area contributed by atoms with E-state index in [1.54, 1.807) is 12.1 Å². The van der Waals surface area contributed by atoms with E-state index in [2.05, 4.69) is 5.92 Å². The van der Waals surface area contributed by atoms with Crippen molar-refractivity contribution in [2.45, 2.75) is 6.42 Å². The molecule has 0 aliphatic carbocycles. The molecule has 0 saturated heterocycles. The van der Waals surface area contributed by atoms with Crippen LogP contribution in [0.25, 0.3) is 0 Å². The molecule has 0 bridgehead atoms. The third-order valence-corrected chi connectivity index (χ3v) is 2.14. The minimum Gasteiger partial charge on any atom is -0.492 e. The van der Waals surface area contributed by atoms with Gasteiger partial charge in [0.2, 0.25) is 6.79 Å². The standard InChI is InChI=1S/C12H10O4/c1-2-3-4-14-10-6-12-11(15-8-16-12)5-9(10)7-13/h1,5-7H,3-4,8H2. The summed E-state index contributed by atoms with van der Waals surface area (Å²) in [5.41, 5.74) is 0.432. The molecule has 1 heterocycles. The molecule has 0 unspecified atom stereocenters. The maximum atomic E-state index is 10.8. The van der Waals surface area contributed by atoms with Gasteiger partial charge in [-0.3, -0.25) is 4.79 Å². The van der Waals surface area contributed by atoms with Gasteiger partial charge in [0.25, 0.3) is 0 Å². The number of aldehydes is 1. The Morgan fingerprint density at radius 1 is 1.44 bits per heavy atom. The van der Waals surface area contributed by atoms with E-state index in [0.717, 1.165) is 0 Å². The second-order valence-electron chi connectivity index (χ2n) is 3.16. The van der Waals surface area contributed by atoms with Crippen molar-refractivity contribution >= 4 is 6.29 Å². The van der Waals surface area contributed by atoms with Crippen LogP contribution < -0.4 is 14.2 Å². The van der Waals surface area contributed by atoms with Crippen molar-refractivity contribution in [3.8, 4) is 29.6 Å². The van der Waals surface area contributed by atoms with Crippen LogP contribution in [0.1, 0.15) is 16.8 Å². The summed E-state index contributed by atoms with van der Waals surface area (Å²) >= 11 is 0. The lowest BCUT2D eigenvalue weighted by molar-refractivity contribution is 0.111. The van der Waals surface area contributed by atoms with Crippen molar-refractivity contribution in [3.05, 3.63) is 17.7 Å². The Hall–Kier alpha value is -2.15. The van der Waals surface area contributed by atoms with Crippen LogP contribution in [0, 0.1) is 12.3 Å². The first kappa shape index (κ1) is 10.4. The maximum Gasteiger partial charge on any atom is 0.231 e. The highest BCUT2D eigenvalue weighted by Crippen LogP contribution is 2.37. The summed E-state index contributed by atoms with van der Waals surface area (Å²) < 4.78 is 15.7. The maximum absolute atomic E-state index is 10.8. The lowest BCUT2D eigenvalue weighted by Crippen LogP contribution is -1.99. The van der Waals surface area contributed by atoms with Gasteiger partial charge in [-0.1, -0.05) is 0 Å². The van der Waals surface area contributed by atoms with Crippen LogP contribution >= 0.6 is 0 Å². The Balaban J connectivity index is 2.22. The predicted molar refractivity (Wildman–Crippen MR) is 56.9 cm³/mol. The van der Waals surface area contributed by atoms with Gasteiger partial charge in [0.05, 0.1) is 12.2 Å². The number of benzene rings is 1. The molecule has 0 saturated carbocycles. The first-order valence-electron chi connectivity index (χ1n) is 4.80. The molecule has 0 radical (unpaired) electrons. The zero-order chi connectivity index (χ0) is 11.4. The largest absolute Gasteiger partial charge is 0.492 e. The monoisotopic (exact) mass is 218 g/mol. The normalized spacial score (nSPS) is 11.9. The Bertz CT molecular complexity index is 445. The average Bonchev–Trinajstić information content (AvgIpc) is 2.75. The molecule has 4 heteroatoms. The molecular formula is C12H10O4. The molecule has 1 aliphatic rings. The van der Waals surface area contributed by atoms with Gasteiger partial charge in [-0.2, -0.15) is 0 Å². The Morgan fingerprint density at radius 2 is 2.19 bits per heavy atom. The second kappa shape index (κ2) is 4.58. The number of fused-ring (bicyclic) bond motifs is 1. The van der Waals surface area contributed by atoms with Crippen molar-refractivity contribution < 1.29 is 19.0 Å². The van der Waals surface area contributed by atoms with Gasteiger partial charge < -0.3 is 14.2 Å². The fourth-order valence-corrected chi connectivity index (χ4v) is 1.38. The molecule has 0 aromatic heterocycles. The highest BCUT2D eigenvalue weighted by Gasteiger charge is 2.17. The van der Waals surface area contributed by atoms with Gasteiger partial charge >= 0.3 is 0 Å². The van der Waals surface area contributed by atoms with Crippen molar-refractivity contribution in [3.63, 3.8) is 0 Å². The summed E-state index contributed by atoms with van der Waals surface area (Å²) in [6, 6.07) is 3.24. The van der Waals surface area contributed by atoms with E-state index in [1.807, 2.05) is 0 Å². The minimum atomic E-state index is 0.168. The summed E-state index contributed by atoms with van der Waals surface area (Å²) in [4.78, 5) is 10.8. The van der Waals surface area contributed by atoms with E-state index in [-0.39, 0.29) is 6.79 Å². The lowest BCUT2D eigenvalue weighted by Gasteiger charge is -2.07. The van der Waals surface area contributed by atoms with Crippen LogP contribution in [0.4, 0.5) is 0 Å². The molecule has 16 heavy (non-hydrogen) atoms. The molecule has 0 atom stereocenters. The molecule has 1 aromatic rings. The van der Waals surface area contributed by atoms with E-state index >= 15 is 0 Å². The number of ether oxygens (including phenoxy) is 3. The number of rotatable bonds is 4. The van der Waals surface area contributed by atoms with Gasteiger partial charge in [-0.25, -0.2) is 0 Å². The first-order valence-corrected chi connectivity index (χ1v) is 4.80. The van der Waals surface area contributed by atoms with Crippen LogP contribution in [0.2, 0.25) is 0 Å². The van der Waals surface area contributed by atoms with E-state index < -0.39 is 0 Å². The summed E-state index contributed by atoms with van der Waals surface area (Å²) in [6.07, 6.45) is 6.32. The SMILES string of the molecule is C#CCCOc1cc2c(cc1C=O)OCO2. The van der Waals surface area contributed by atoms with Crippen LogP contribution in [0.5, 0.6) is 17.2 Å². The predicted octanol–water partition coefficient (Wildman–Crippen LogP) is 1.63. The first-order chi connectivity index (χ1) is 7.85. The fourth-order valence-electron chi connectivity index (χ4n) is 1.38. The molecular weight excluding hydrogens is 208 g/mol. The van der Waals surface area contributed by atoms with Crippen LogP contribution in [-0.2, 0) is 0 Å². The lowest BCUT2D eigenvalue weighted by atomic mass is 10.2. The van der Waals surface area contributed by atoms with Gasteiger partial charge in [-0.05, 0) is 6.07 Å². The molecule has 4 nitrogen and oxygen atoms in total. The van der Waals surface area contributed by atoms with Crippen molar-refractivity contribution in [2.75, 3.05) is 13.4 Å². The van der Waals surface area contributed by atoms with E-state index in [1.165, 1.54) is 0 Å². The van der Waals surface area contributed by atoms with E-state index in [9.17, 15) is 4.79 Å². The van der Waals surface area contributed by atoms with Gasteiger partial charge in [0.15, 0.2) is 17.8 Å². The molecule has 1 aliphatic heterocycles. The number of hydrogen-bond acceptors (Lipinski definition) is 4. The topological polar surface area (TPSA) is 44.8 Å². The smallest absolute Gasteiger partial charge is 0.231 e. The fraction of sp³-hybridized carbons (Fsp3) is 0.250. The molecule has 0 amide bonds. The van der Waals surface area contributed by atoms with E-state index in [4.69, 9.17) is 20.6 Å².